The molecule has 0 saturated carbocycles. The van der Waals surface area contributed by atoms with E-state index in [0.717, 1.165) is 11.0 Å². The second-order valence-corrected chi connectivity index (χ2v) is 5.42. The molecule has 1 fully saturated rings. The summed E-state index contributed by atoms with van der Waals surface area (Å²) in [5, 5.41) is 4.88. The number of hydrogen-bond acceptors (Lipinski definition) is 1. The number of rotatable bonds is 1. The lowest BCUT2D eigenvalue weighted by Gasteiger charge is -2.09. The maximum atomic E-state index is 3.55. The van der Waals surface area contributed by atoms with Crippen molar-refractivity contribution in [1.82, 2.24) is 10.3 Å². The van der Waals surface area contributed by atoms with Crippen LogP contribution in [0.15, 0.2) is 22.7 Å². The lowest BCUT2D eigenvalue weighted by Crippen LogP contribution is -2.13. The van der Waals surface area contributed by atoms with E-state index in [-0.39, 0.29) is 0 Å². The first kappa shape index (κ1) is 10.4. The molecule has 1 aromatic carbocycles. The van der Waals surface area contributed by atoms with Gasteiger partial charge in [-0.2, -0.15) is 0 Å². The smallest absolute Gasteiger partial charge is 0.0476 e. The van der Waals surface area contributed by atoms with Crippen LogP contribution in [0.2, 0.25) is 0 Å². The van der Waals surface area contributed by atoms with Crippen LogP contribution < -0.4 is 5.32 Å². The SMILES string of the molecule is Cc1c(C2CCCN2)[nH]c2ccc(Br)cc12. The summed E-state index contributed by atoms with van der Waals surface area (Å²) in [5.74, 6) is 0. The minimum atomic E-state index is 0.520. The minimum Gasteiger partial charge on any atom is -0.357 e. The predicted octanol–water partition coefficient (Wildman–Crippen LogP) is 3.66. The molecular weight excluding hydrogens is 264 g/mol. The van der Waals surface area contributed by atoms with E-state index < -0.39 is 0 Å². The Balaban J connectivity index is 2.15. The molecule has 0 amide bonds. The van der Waals surface area contributed by atoms with Gasteiger partial charge in [-0.1, -0.05) is 15.9 Å². The lowest BCUT2D eigenvalue weighted by molar-refractivity contribution is 0.629. The standard InChI is InChI=1S/C13H15BrN2/c1-8-10-7-9(14)4-5-11(10)16-13(8)12-3-2-6-15-12/h4-5,7,12,15-16H,2-3,6H2,1H3. The molecule has 1 saturated heterocycles. The van der Waals surface area contributed by atoms with Gasteiger partial charge in [-0.3, -0.25) is 0 Å². The Morgan fingerprint density at radius 3 is 3.00 bits per heavy atom. The maximum Gasteiger partial charge on any atom is 0.0476 e. The van der Waals surface area contributed by atoms with Crippen molar-refractivity contribution in [2.24, 2.45) is 0 Å². The molecule has 1 aromatic heterocycles. The van der Waals surface area contributed by atoms with E-state index in [1.165, 1.54) is 35.0 Å². The third-order valence-corrected chi connectivity index (χ3v) is 3.96. The number of hydrogen-bond donors (Lipinski definition) is 2. The molecule has 0 radical (unpaired) electrons. The van der Waals surface area contributed by atoms with Crippen molar-refractivity contribution in [3.8, 4) is 0 Å². The zero-order valence-corrected chi connectivity index (χ0v) is 10.9. The summed E-state index contributed by atoms with van der Waals surface area (Å²) >= 11 is 3.53. The first-order valence-corrected chi connectivity index (χ1v) is 6.56. The Bertz CT molecular complexity index is 524. The summed E-state index contributed by atoms with van der Waals surface area (Å²) < 4.78 is 1.15. The van der Waals surface area contributed by atoms with Crippen LogP contribution >= 0.6 is 15.9 Å². The molecular formula is C13H15BrN2. The average Bonchev–Trinajstić information content (AvgIpc) is 2.87. The number of aryl methyl sites for hydroxylation is 1. The van der Waals surface area contributed by atoms with E-state index in [4.69, 9.17) is 0 Å². The van der Waals surface area contributed by atoms with Crippen LogP contribution in [0.5, 0.6) is 0 Å². The molecule has 1 unspecified atom stereocenters. The normalized spacial score (nSPS) is 20.8. The maximum absolute atomic E-state index is 3.55. The summed E-state index contributed by atoms with van der Waals surface area (Å²) in [5.41, 5.74) is 3.99. The van der Waals surface area contributed by atoms with Crippen molar-refractivity contribution >= 4 is 26.8 Å². The molecule has 2 N–H and O–H groups in total. The molecule has 0 bridgehead atoms. The molecule has 84 valence electrons. The number of nitrogens with one attached hydrogen (secondary N) is 2. The Morgan fingerprint density at radius 1 is 1.38 bits per heavy atom. The van der Waals surface area contributed by atoms with Crippen molar-refractivity contribution in [1.29, 1.82) is 0 Å². The number of fused-ring (bicyclic) bond motifs is 1. The highest BCUT2D eigenvalue weighted by atomic mass is 79.9. The van der Waals surface area contributed by atoms with E-state index in [0.29, 0.717) is 6.04 Å². The van der Waals surface area contributed by atoms with E-state index in [1.807, 2.05) is 0 Å². The van der Waals surface area contributed by atoms with Gasteiger partial charge in [0.25, 0.3) is 0 Å². The quantitative estimate of drug-likeness (QED) is 0.819. The highest BCUT2D eigenvalue weighted by Gasteiger charge is 2.20. The Labute approximate surface area is 104 Å². The van der Waals surface area contributed by atoms with Crippen LogP contribution in [0.1, 0.15) is 30.1 Å². The van der Waals surface area contributed by atoms with E-state index in [2.05, 4.69) is 51.4 Å². The van der Waals surface area contributed by atoms with Gasteiger partial charge in [0.05, 0.1) is 0 Å². The van der Waals surface area contributed by atoms with Crippen LogP contribution in [0.3, 0.4) is 0 Å². The summed E-state index contributed by atoms with van der Waals surface area (Å²) in [4.78, 5) is 3.55. The van der Waals surface area contributed by atoms with Crippen LogP contribution in [0, 0.1) is 6.92 Å². The van der Waals surface area contributed by atoms with Crippen molar-refractivity contribution in [3.05, 3.63) is 33.9 Å². The molecule has 1 aliphatic heterocycles. The largest absolute Gasteiger partial charge is 0.357 e. The monoisotopic (exact) mass is 278 g/mol. The molecule has 0 spiro atoms. The fourth-order valence-electron chi connectivity index (χ4n) is 2.60. The van der Waals surface area contributed by atoms with Gasteiger partial charge in [-0.25, -0.2) is 0 Å². The Morgan fingerprint density at radius 2 is 2.25 bits per heavy atom. The summed E-state index contributed by atoms with van der Waals surface area (Å²) in [7, 11) is 0. The van der Waals surface area contributed by atoms with Gasteiger partial charge in [-0.05, 0) is 50.1 Å². The van der Waals surface area contributed by atoms with E-state index >= 15 is 0 Å². The number of aromatic nitrogens is 1. The molecule has 16 heavy (non-hydrogen) atoms. The number of halogens is 1. The predicted molar refractivity (Wildman–Crippen MR) is 70.7 cm³/mol. The molecule has 2 heterocycles. The van der Waals surface area contributed by atoms with Crippen molar-refractivity contribution in [2.45, 2.75) is 25.8 Å². The fraction of sp³-hybridized carbons (Fsp3) is 0.385. The van der Waals surface area contributed by atoms with Gasteiger partial charge in [0, 0.05) is 27.1 Å². The molecule has 1 atom stereocenters. The van der Waals surface area contributed by atoms with Crippen LogP contribution in [-0.4, -0.2) is 11.5 Å². The van der Waals surface area contributed by atoms with Gasteiger partial charge >= 0.3 is 0 Å². The second kappa shape index (κ2) is 3.90. The second-order valence-electron chi connectivity index (χ2n) is 4.50. The van der Waals surface area contributed by atoms with Crippen LogP contribution in [0.4, 0.5) is 0 Å². The first-order valence-electron chi connectivity index (χ1n) is 5.77. The summed E-state index contributed by atoms with van der Waals surface area (Å²) in [6.07, 6.45) is 2.53. The van der Waals surface area contributed by atoms with Gasteiger partial charge in [0.2, 0.25) is 0 Å². The summed E-state index contributed by atoms with van der Waals surface area (Å²) in [6, 6.07) is 6.94. The first-order chi connectivity index (χ1) is 7.75. The highest BCUT2D eigenvalue weighted by molar-refractivity contribution is 9.10. The minimum absolute atomic E-state index is 0.520. The molecule has 2 aromatic rings. The topological polar surface area (TPSA) is 27.8 Å². The Hall–Kier alpha value is -0.800. The van der Waals surface area contributed by atoms with Gasteiger partial charge < -0.3 is 10.3 Å². The van der Waals surface area contributed by atoms with Crippen molar-refractivity contribution in [2.75, 3.05) is 6.54 Å². The molecule has 3 heteroatoms. The van der Waals surface area contributed by atoms with Crippen LogP contribution in [-0.2, 0) is 0 Å². The Kier molecular flexibility index (Phi) is 2.52. The fourth-order valence-corrected chi connectivity index (χ4v) is 2.96. The molecule has 2 nitrogen and oxygen atoms in total. The third kappa shape index (κ3) is 1.59. The number of aromatic amines is 1. The summed E-state index contributed by atoms with van der Waals surface area (Å²) in [6.45, 7) is 3.35. The lowest BCUT2D eigenvalue weighted by atomic mass is 10.1. The zero-order chi connectivity index (χ0) is 11.1. The van der Waals surface area contributed by atoms with Crippen molar-refractivity contribution in [3.63, 3.8) is 0 Å². The van der Waals surface area contributed by atoms with Gasteiger partial charge in [-0.15, -0.1) is 0 Å². The molecule has 0 aliphatic carbocycles. The van der Waals surface area contributed by atoms with Gasteiger partial charge in [0.1, 0.15) is 0 Å². The van der Waals surface area contributed by atoms with E-state index in [1.54, 1.807) is 0 Å². The van der Waals surface area contributed by atoms with Crippen LogP contribution in [0.25, 0.3) is 10.9 Å². The van der Waals surface area contributed by atoms with E-state index in [9.17, 15) is 0 Å². The molecule has 1 aliphatic rings. The highest BCUT2D eigenvalue weighted by Crippen LogP contribution is 2.31. The third-order valence-electron chi connectivity index (χ3n) is 3.47. The number of H-pyrrole nitrogens is 1. The average molecular weight is 279 g/mol. The van der Waals surface area contributed by atoms with Gasteiger partial charge in [0.15, 0.2) is 0 Å². The van der Waals surface area contributed by atoms with Crippen molar-refractivity contribution < 1.29 is 0 Å². The molecule has 3 rings (SSSR count). The zero-order valence-electron chi connectivity index (χ0n) is 9.31. The number of benzene rings is 1.